The minimum Gasteiger partial charge on any atom is -0.496 e. The molecule has 0 saturated heterocycles. The summed E-state index contributed by atoms with van der Waals surface area (Å²) in [6.45, 7) is 0.630. The van der Waals surface area contributed by atoms with Crippen LogP contribution < -0.4 is 9.47 Å². The van der Waals surface area contributed by atoms with Gasteiger partial charge in [0.25, 0.3) is 0 Å². The number of hydrogen-bond donors (Lipinski definition) is 0. The standard InChI is InChI=1S/C12H12BrNO4/c1-17-10-7-8(4-5-14(15)16)12-9(11(10)13)3-2-6-18-12/h4-5,7H,2-3,6H2,1H3/b5-4+. The van der Waals surface area contributed by atoms with Crippen molar-refractivity contribution in [3.8, 4) is 11.5 Å². The second-order valence-electron chi connectivity index (χ2n) is 3.84. The summed E-state index contributed by atoms with van der Waals surface area (Å²) in [5, 5.41) is 10.4. The van der Waals surface area contributed by atoms with E-state index in [0.29, 0.717) is 23.7 Å². The van der Waals surface area contributed by atoms with Gasteiger partial charge in [-0.2, -0.15) is 0 Å². The normalized spacial score (nSPS) is 14.1. The van der Waals surface area contributed by atoms with E-state index in [1.165, 1.54) is 6.08 Å². The zero-order valence-corrected chi connectivity index (χ0v) is 11.4. The number of nitrogens with zero attached hydrogens (tertiary/aromatic N) is 1. The molecule has 6 heteroatoms. The third-order valence-electron chi connectivity index (χ3n) is 2.72. The van der Waals surface area contributed by atoms with E-state index in [0.717, 1.165) is 29.1 Å². The van der Waals surface area contributed by atoms with Crippen LogP contribution in [0.4, 0.5) is 0 Å². The molecule has 0 amide bonds. The third-order valence-corrected chi connectivity index (χ3v) is 3.59. The molecule has 1 aromatic rings. The molecule has 18 heavy (non-hydrogen) atoms. The molecule has 0 saturated carbocycles. The van der Waals surface area contributed by atoms with Gasteiger partial charge < -0.3 is 9.47 Å². The summed E-state index contributed by atoms with van der Waals surface area (Å²) in [5.41, 5.74) is 1.67. The Morgan fingerprint density at radius 1 is 1.61 bits per heavy atom. The van der Waals surface area contributed by atoms with Crippen molar-refractivity contribution in [1.29, 1.82) is 0 Å². The van der Waals surface area contributed by atoms with Crippen LogP contribution in [0.15, 0.2) is 16.7 Å². The lowest BCUT2D eigenvalue weighted by atomic mass is 10.0. The summed E-state index contributed by atoms with van der Waals surface area (Å²) in [6.07, 6.45) is 4.13. The molecule has 2 rings (SSSR count). The van der Waals surface area contributed by atoms with E-state index in [1.54, 1.807) is 13.2 Å². The Labute approximate surface area is 113 Å². The maximum absolute atomic E-state index is 10.4. The van der Waals surface area contributed by atoms with E-state index in [-0.39, 0.29) is 0 Å². The lowest BCUT2D eigenvalue weighted by Gasteiger charge is -2.22. The summed E-state index contributed by atoms with van der Waals surface area (Å²) in [4.78, 5) is 9.90. The fraction of sp³-hybridized carbons (Fsp3) is 0.333. The number of fused-ring (bicyclic) bond motifs is 1. The predicted molar refractivity (Wildman–Crippen MR) is 70.5 cm³/mol. The van der Waals surface area contributed by atoms with Gasteiger partial charge in [-0.25, -0.2) is 0 Å². The molecule has 0 aromatic heterocycles. The van der Waals surface area contributed by atoms with Gasteiger partial charge in [-0.05, 0) is 34.8 Å². The molecule has 5 nitrogen and oxygen atoms in total. The molecule has 0 radical (unpaired) electrons. The van der Waals surface area contributed by atoms with Crippen molar-refractivity contribution < 1.29 is 14.4 Å². The molecule has 0 bridgehead atoms. The molecule has 0 N–H and O–H groups in total. The minimum absolute atomic E-state index is 0.496. The van der Waals surface area contributed by atoms with E-state index in [1.807, 2.05) is 0 Å². The Morgan fingerprint density at radius 3 is 3.06 bits per heavy atom. The van der Waals surface area contributed by atoms with Gasteiger partial charge in [0.15, 0.2) is 0 Å². The van der Waals surface area contributed by atoms with Crippen LogP contribution in [0.1, 0.15) is 17.5 Å². The van der Waals surface area contributed by atoms with E-state index in [9.17, 15) is 10.1 Å². The van der Waals surface area contributed by atoms with Crippen molar-refractivity contribution in [2.45, 2.75) is 12.8 Å². The number of nitro groups is 1. The first-order valence-corrected chi connectivity index (χ1v) is 6.26. The lowest BCUT2D eigenvalue weighted by molar-refractivity contribution is -0.400. The summed E-state index contributed by atoms with van der Waals surface area (Å²) in [7, 11) is 1.57. The van der Waals surface area contributed by atoms with Crippen LogP contribution in [0.5, 0.6) is 11.5 Å². The summed E-state index contributed by atoms with van der Waals surface area (Å²) in [5.74, 6) is 1.36. The second-order valence-corrected chi connectivity index (χ2v) is 4.64. The largest absolute Gasteiger partial charge is 0.496 e. The van der Waals surface area contributed by atoms with Gasteiger partial charge in [0, 0.05) is 17.2 Å². The predicted octanol–water partition coefficient (Wildman–Crippen LogP) is 3.03. The number of ether oxygens (including phenoxy) is 2. The van der Waals surface area contributed by atoms with E-state index in [4.69, 9.17) is 9.47 Å². The zero-order valence-electron chi connectivity index (χ0n) is 9.81. The number of hydrogen-bond acceptors (Lipinski definition) is 4. The highest BCUT2D eigenvalue weighted by molar-refractivity contribution is 9.10. The Balaban J connectivity index is 2.54. The van der Waals surface area contributed by atoms with Gasteiger partial charge in [0.05, 0.1) is 23.1 Å². The van der Waals surface area contributed by atoms with E-state index >= 15 is 0 Å². The van der Waals surface area contributed by atoms with Gasteiger partial charge in [-0.1, -0.05) is 0 Å². The molecule has 0 atom stereocenters. The number of rotatable bonds is 3. The first-order chi connectivity index (χ1) is 8.63. The number of methoxy groups -OCH3 is 1. The molecule has 0 spiro atoms. The molecular formula is C12H12BrNO4. The van der Waals surface area contributed by atoms with Crippen LogP contribution >= 0.6 is 15.9 Å². The van der Waals surface area contributed by atoms with Gasteiger partial charge in [-0.3, -0.25) is 10.1 Å². The molecule has 96 valence electrons. The maximum atomic E-state index is 10.4. The van der Waals surface area contributed by atoms with Crippen molar-refractivity contribution in [3.63, 3.8) is 0 Å². The summed E-state index contributed by atoms with van der Waals surface area (Å²) in [6, 6.07) is 1.73. The van der Waals surface area contributed by atoms with Gasteiger partial charge in [-0.15, -0.1) is 0 Å². The first kappa shape index (κ1) is 12.9. The molecule has 0 aliphatic carbocycles. The topological polar surface area (TPSA) is 61.6 Å². The fourth-order valence-electron chi connectivity index (χ4n) is 1.92. The Bertz CT molecular complexity index is 513. The molecule has 1 aliphatic heterocycles. The van der Waals surface area contributed by atoms with Crippen molar-refractivity contribution >= 4 is 22.0 Å². The van der Waals surface area contributed by atoms with Crippen LogP contribution in [-0.4, -0.2) is 18.6 Å². The van der Waals surface area contributed by atoms with Gasteiger partial charge >= 0.3 is 0 Å². The van der Waals surface area contributed by atoms with E-state index in [2.05, 4.69) is 15.9 Å². The molecule has 1 aromatic carbocycles. The number of halogens is 1. The van der Waals surface area contributed by atoms with Crippen molar-refractivity contribution in [2.75, 3.05) is 13.7 Å². The van der Waals surface area contributed by atoms with Crippen LogP contribution in [0.3, 0.4) is 0 Å². The van der Waals surface area contributed by atoms with Crippen LogP contribution in [0, 0.1) is 10.1 Å². The third kappa shape index (κ3) is 2.48. The van der Waals surface area contributed by atoms with Gasteiger partial charge in [0.2, 0.25) is 6.20 Å². The maximum Gasteiger partial charge on any atom is 0.235 e. The monoisotopic (exact) mass is 313 g/mol. The average Bonchev–Trinajstić information content (AvgIpc) is 2.38. The summed E-state index contributed by atoms with van der Waals surface area (Å²) >= 11 is 3.48. The first-order valence-electron chi connectivity index (χ1n) is 5.47. The smallest absolute Gasteiger partial charge is 0.235 e. The number of benzene rings is 1. The highest BCUT2D eigenvalue weighted by atomic mass is 79.9. The van der Waals surface area contributed by atoms with Gasteiger partial charge in [0.1, 0.15) is 11.5 Å². The molecule has 0 unspecified atom stereocenters. The summed E-state index contributed by atoms with van der Waals surface area (Å²) < 4.78 is 11.7. The molecule has 1 heterocycles. The van der Waals surface area contributed by atoms with Crippen molar-refractivity contribution in [1.82, 2.24) is 0 Å². The van der Waals surface area contributed by atoms with E-state index < -0.39 is 4.92 Å². The Hall–Kier alpha value is -1.56. The molecule has 1 aliphatic rings. The fourth-order valence-corrected chi connectivity index (χ4v) is 2.58. The highest BCUT2D eigenvalue weighted by Crippen LogP contribution is 2.41. The van der Waals surface area contributed by atoms with Crippen LogP contribution in [0.2, 0.25) is 0 Å². The quantitative estimate of drug-likeness (QED) is 0.635. The Morgan fingerprint density at radius 2 is 2.39 bits per heavy atom. The average molecular weight is 314 g/mol. The van der Waals surface area contributed by atoms with Crippen LogP contribution in [0.25, 0.3) is 6.08 Å². The zero-order chi connectivity index (χ0) is 13.1. The highest BCUT2D eigenvalue weighted by Gasteiger charge is 2.20. The van der Waals surface area contributed by atoms with Crippen molar-refractivity contribution in [2.24, 2.45) is 0 Å². The lowest BCUT2D eigenvalue weighted by Crippen LogP contribution is -2.11. The SMILES string of the molecule is COc1cc(/C=C/[N+](=O)[O-])c2c(c1Br)CCCO2. The molecular weight excluding hydrogens is 302 g/mol. The second kappa shape index (κ2) is 5.39. The van der Waals surface area contributed by atoms with Crippen LogP contribution in [-0.2, 0) is 6.42 Å². The van der Waals surface area contributed by atoms with Crippen molar-refractivity contribution in [3.05, 3.63) is 38.0 Å². The Kier molecular flexibility index (Phi) is 3.86. The molecule has 0 fully saturated rings. The minimum atomic E-state index is -0.496.